The zero-order valence-electron chi connectivity index (χ0n) is 12.9. The molecule has 1 atom stereocenters. The third-order valence-corrected chi connectivity index (χ3v) is 3.65. The minimum absolute atomic E-state index is 0.0347. The van der Waals surface area contributed by atoms with Crippen molar-refractivity contribution in [1.82, 2.24) is 15.0 Å². The first kappa shape index (κ1) is 17.2. The van der Waals surface area contributed by atoms with Gasteiger partial charge in [-0.2, -0.15) is 18.2 Å². The number of ether oxygens (including phenoxy) is 2. The Balaban J connectivity index is 1.65. The number of carbonyl (C=O) groups excluding carboxylic acids is 1. The van der Waals surface area contributed by atoms with Gasteiger partial charge in [0.05, 0.1) is 18.8 Å². The second kappa shape index (κ2) is 7.09. The van der Waals surface area contributed by atoms with Crippen molar-refractivity contribution in [2.45, 2.75) is 12.2 Å². The van der Waals surface area contributed by atoms with E-state index < -0.39 is 30.3 Å². The molecule has 1 amide bonds. The summed E-state index contributed by atoms with van der Waals surface area (Å²) in [6.45, 7) is 0.429. The standard InChI is InChI=1S/C15H14F3N3O4/c16-15(17,18)10-2-1-3-11(6-10)24-8-13(22)21-4-5-23-7-12(21)14-19-9-25-20-14/h1-3,6,9,12H,4-5,7-8H2/t12-/m1/s1. The van der Waals surface area contributed by atoms with Crippen LogP contribution in [0.1, 0.15) is 17.4 Å². The fourth-order valence-corrected chi connectivity index (χ4v) is 2.43. The van der Waals surface area contributed by atoms with Crippen LogP contribution in [0, 0.1) is 0 Å². The van der Waals surface area contributed by atoms with Crippen molar-refractivity contribution in [1.29, 1.82) is 0 Å². The van der Waals surface area contributed by atoms with Crippen molar-refractivity contribution in [3.8, 4) is 5.75 Å². The summed E-state index contributed by atoms with van der Waals surface area (Å²) in [6.07, 6.45) is -3.33. The van der Waals surface area contributed by atoms with Gasteiger partial charge in [0.25, 0.3) is 5.91 Å². The highest BCUT2D eigenvalue weighted by Gasteiger charge is 2.32. The van der Waals surface area contributed by atoms with Gasteiger partial charge in [0, 0.05) is 6.54 Å². The molecule has 0 radical (unpaired) electrons. The monoisotopic (exact) mass is 357 g/mol. The van der Waals surface area contributed by atoms with E-state index >= 15 is 0 Å². The quantitative estimate of drug-likeness (QED) is 0.834. The van der Waals surface area contributed by atoms with Gasteiger partial charge in [-0.25, -0.2) is 0 Å². The van der Waals surface area contributed by atoms with Crippen LogP contribution >= 0.6 is 0 Å². The van der Waals surface area contributed by atoms with Crippen LogP contribution in [0.3, 0.4) is 0 Å². The maximum atomic E-state index is 12.7. The molecule has 0 N–H and O–H groups in total. The lowest BCUT2D eigenvalue weighted by Gasteiger charge is -2.33. The third-order valence-electron chi connectivity index (χ3n) is 3.65. The Hall–Kier alpha value is -2.62. The maximum absolute atomic E-state index is 12.7. The molecule has 0 bridgehead atoms. The molecule has 0 unspecified atom stereocenters. The van der Waals surface area contributed by atoms with Crippen LogP contribution in [-0.2, 0) is 15.7 Å². The van der Waals surface area contributed by atoms with Gasteiger partial charge in [-0.05, 0) is 18.2 Å². The van der Waals surface area contributed by atoms with Crippen LogP contribution in [-0.4, -0.2) is 47.3 Å². The zero-order chi connectivity index (χ0) is 17.9. The number of rotatable bonds is 4. The van der Waals surface area contributed by atoms with Crippen LogP contribution in [0.25, 0.3) is 0 Å². The number of hydrogen-bond acceptors (Lipinski definition) is 6. The number of benzene rings is 1. The number of amides is 1. The fraction of sp³-hybridized carbons (Fsp3) is 0.400. The normalized spacial score (nSPS) is 18.2. The van der Waals surface area contributed by atoms with E-state index in [4.69, 9.17) is 9.47 Å². The SMILES string of the molecule is O=C(COc1cccc(C(F)(F)F)c1)N1CCOC[C@@H]1c1ncon1. The van der Waals surface area contributed by atoms with Gasteiger partial charge in [0.2, 0.25) is 6.39 Å². The number of nitrogens with zero attached hydrogens (tertiary/aromatic N) is 3. The minimum atomic E-state index is -4.47. The minimum Gasteiger partial charge on any atom is -0.484 e. The molecule has 3 rings (SSSR count). The largest absolute Gasteiger partial charge is 0.484 e. The third kappa shape index (κ3) is 4.08. The van der Waals surface area contributed by atoms with Gasteiger partial charge in [-0.3, -0.25) is 4.79 Å². The van der Waals surface area contributed by atoms with E-state index in [1.807, 2.05) is 0 Å². The first-order chi connectivity index (χ1) is 11.9. The summed E-state index contributed by atoms with van der Waals surface area (Å²) in [5.74, 6) is -0.143. The number of aromatic nitrogens is 2. The zero-order valence-corrected chi connectivity index (χ0v) is 12.9. The van der Waals surface area contributed by atoms with Gasteiger partial charge in [-0.1, -0.05) is 11.2 Å². The number of alkyl halides is 3. The van der Waals surface area contributed by atoms with Crippen LogP contribution in [0.4, 0.5) is 13.2 Å². The summed E-state index contributed by atoms with van der Waals surface area (Å²) in [4.78, 5) is 17.8. The summed E-state index contributed by atoms with van der Waals surface area (Å²) >= 11 is 0. The van der Waals surface area contributed by atoms with Crippen molar-refractivity contribution < 1.29 is 32.0 Å². The lowest BCUT2D eigenvalue weighted by molar-refractivity contribution is -0.142. The van der Waals surface area contributed by atoms with E-state index in [0.29, 0.717) is 19.0 Å². The Morgan fingerprint density at radius 3 is 2.96 bits per heavy atom. The van der Waals surface area contributed by atoms with Crippen LogP contribution < -0.4 is 4.74 Å². The van der Waals surface area contributed by atoms with Gasteiger partial charge in [0.15, 0.2) is 12.4 Å². The highest BCUT2D eigenvalue weighted by Crippen LogP contribution is 2.31. The molecule has 1 aliphatic heterocycles. The van der Waals surface area contributed by atoms with Gasteiger partial charge < -0.3 is 18.9 Å². The molecular formula is C15H14F3N3O4. The van der Waals surface area contributed by atoms with E-state index in [-0.39, 0.29) is 12.4 Å². The van der Waals surface area contributed by atoms with Crippen molar-refractivity contribution >= 4 is 5.91 Å². The van der Waals surface area contributed by atoms with E-state index in [2.05, 4.69) is 14.7 Å². The molecule has 134 valence electrons. The van der Waals surface area contributed by atoms with E-state index in [1.54, 1.807) is 0 Å². The average molecular weight is 357 g/mol. The molecule has 10 heteroatoms. The van der Waals surface area contributed by atoms with Crippen LogP contribution in [0.15, 0.2) is 35.2 Å². The van der Waals surface area contributed by atoms with E-state index in [1.165, 1.54) is 17.0 Å². The van der Waals surface area contributed by atoms with Gasteiger partial charge in [-0.15, -0.1) is 0 Å². The summed E-state index contributed by atoms with van der Waals surface area (Å²) in [7, 11) is 0. The molecule has 0 saturated carbocycles. The molecule has 1 saturated heterocycles. The first-order valence-corrected chi connectivity index (χ1v) is 7.38. The molecule has 7 nitrogen and oxygen atoms in total. The summed E-state index contributed by atoms with van der Waals surface area (Å²) in [5, 5.41) is 3.70. The van der Waals surface area contributed by atoms with Crippen molar-refractivity contribution in [3.05, 3.63) is 42.0 Å². The Kier molecular flexibility index (Phi) is 4.88. The highest BCUT2D eigenvalue weighted by molar-refractivity contribution is 5.78. The predicted octanol–water partition coefficient (Wildman–Crippen LogP) is 2.07. The Morgan fingerprint density at radius 2 is 2.24 bits per heavy atom. The molecule has 2 aromatic rings. The summed E-state index contributed by atoms with van der Waals surface area (Å²) in [5.41, 5.74) is -0.839. The Labute approximate surface area is 140 Å². The molecule has 25 heavy (non-hydrogen) atoms. The molecule has 0 spiro atoms. The molecule has 1 aromatic heterocycles. The molecule has 1 aromatic carbocycles. The Morgan fingerprint density at radius 1 is 1.40 bits per heavy atom. The van der Waals surface area contributed by atoms with Crippen molar-refractivity contribution in [3.63, 3.8) is 0 Å². The van der Waals surface area contributed by atoms with Crippen LogP contribution in [0.5, 0.6) is 5.75 Å². The van der Waals surface area contributed by atoms with Crippen molar-refractivity contribution in [2.24, 2.45) is 0 Å². The number of hydrogen-bond donors (Lipinski definition) is 0. The Bertz CT molecular complexity index is 721. The van der Waals surface area contributed by atoms with Gasteiger partial charge >= 0.3 is 6.18 Å². The average Bonchev–Trinajstić information content (AvgIpc) is 3.14. The second-order valence-corrected chi connectivity index (χ2v) is 5.28. The second-order valence-electron chi connectivity index (χ2n) is 5.28. The highest BCUT2D eigenvalue weighted by atomic mass is 19.4. The smallest absolute Gasteiger partial charge is 0.416 e. The number of carbonyl (C=O) groups is 1. The van der Waals surface area contributed by atoms with E-state index in [9.17, 15) is 18.0 Å². The lowest BCUT2D eigenvalue weighted by atomic mass is 10.2. The first-order valence-electron chi connectivity index (χ1n) is 7.38. The number of morpholine rings is 1. The lowest BCUT2D eigenvalue weighted by Crippen LogP contribution is -2.45. The topological polar surface area (TPSA) is 77.7 Å². The fourth-order valence-electron chi connectivity index (χ4n) is 2.43. The molecule has 1 fully saturated rings. The summed E-state index contributed by atoms with van der Waals surface area (Å²) in [6, 6.07) is 3.84. The van der Waals surface area contributed by atoms with Gasteiger partial charge in [0.1, 0.15) is 11.8 Å². The number of halogens is 3. The molecule has 0 aliphatic carbocycles. The summed E-state index contributed by atoms with van der Waals surface area (Å²) < 4.78 is 53.3. The van der Waals surface area contributed by atoms with Crippen LogP contribution in [0.2, 0.25) is 0 Å². The maximum Gasteiger partial charge on any atom is 0.416 e. The predicted molar refractivity (Wildman–Crippen MR) is 76.5 cm³/mol. The molecule has 2 heterocycles. The molecular weight excluding hydrogens is 343 g/mol. The van der Waals surface area contributed by atoms with Crippen molar-refractivity contribution in [2.75, 3.05) is 26.4 Å². The van der Waals surface area contributed by atoms with E-state index in [0.717, 1.165) is 18.5 Å². The molecule has 1 aliphatic rings.